The maximum Gasteiger partial charge on any atom is 0.339 e. The number of benzene rings is 2. The number of aliphatic hydroxyl groups is 2. The minimum absolute atomic E-state index is 0.115. The number of ether oxygens (including phenoxy) is 2. The Morgan fingerprint density at radius 2 is 1.95 bits per heavy atom. The lowest BCUT2D eigenvalue weighted by molar-refractivity contribution is -0.00809. The molecule has 1 saturated heterocycles. The molecule has 42 heavy (non-hydrogen) atoms. The summed E-state index contributed by atoms with van der Waals surface area (Å²) in [4.78, 5) is 17.9. The highest BCUT2D eigenvalue weighted by Gasteiger charge is 2.51. The van der Waals surface area contributed by atoms with Gasteiger partial charge >= 0.3 is 5.97 Å². The number of rotatable bonds is 9. The van der Waals surface area contributed by atoms with E-state index < -0.39 is 29.9 Å². The van der Waals surface area contributed by atoms with Crippen LogP contribution in [0.2, 0.25) is 0 Å². The van der Waals surface area contributed by atoms with Gasteiger partial charge in [0.2, 0.25) is 0 Å². The van der Waals surface area contributed by atoms with Crippen LogP contribution in [0.25, 0.3) is 0 Å². The van der Waals surface area contributed by atoms with E-state index in [1.54, 1.807) is 63.3 Å². The summed E-state index contributed by atoms with van der Waals surface area (Å²) in [6.07, 6.45) is 0.378. The van der Waals surface area contributed by atoms with Crippen LogP contribution in [0.1, 0.15) is 35.3 Å². The lowest BCUT2D eigenvalue weighted by Crippen LogP contribution is -2.52. The maximum absolute atomic E-state index is 14.2. The third kappa shape index (κ3) is 5.22. The normalized spacial score (nSPS) is 21.5. The molecule has 3 unspecified atom stereocenters. The van der Waals surface area contributed by atoms with Gasteiger partial charge in [0.1, 0.15) is 40.6 Å². The third-order valence-electron chi connectivity index (χ3n) is 7.47. The first-order chi connectivity index (χ1) is 20.0. The van der Waals surface area contributed by atoms with Gasteiger partial charge in [0.15, 0.2) is 6.23 Å². The Hall–Kier alpha value is -4.65. The summed E-state index contributed by atoms with van der Waals surface area (Å²) in [5, 5.41) is 41.6. The molecule has 0 saturated carbocycles. The Morgan fingerprint density at radius 3 is 2.64 bits per heavy atom. The molecule has 0 amide bonds. The molecule has 0 radical (unpaired) electrons. The molecule has 3 aromatic rings. The zero-order chi connectivity index (χ0) is 30.2. The number of methoxy groups -OCH3 is 2. The van der Waals surface area contributed by atoms with Crippen LogP contribution in [0.3, 0.4) is 0 Å². The lowest BCUT2D eigenvalue weighted by Gasteiger charge is -2.43. The summed E-state index contributed by atoms with van der Waals surface area (Å²) in [6.45, 7) is 3.81. The Balaban J connectivity index is 1.45. The summed E-state index contributed by atoms with van der Waals surface area (Å²) in [5.74, 6) is -0.0439. The van der Waals surface area contributed by atoms with Crippen LogP contribution < -0.4 is 25.4 Å². The van der Waals surface area contributed by atoms with Crippen LogP contribution in [0.15, 0.2) is 77.8 Å². The zero-order valence-electron chi connectivity index (χ0n) is 23.5. The first-order valence-corrected chi connectivity index (χ1v) is 13.1. The lowest BCUT2D eigenvalue weighted by atomic mass is 9.97. The largest absolute Gasteiger partial charge is 0.497 e. The molecule has 1 fully saturated rings. The van der Waals surface area contributed by atoms with Crippen molar-refractivity contribution in [2.45, 2.75) is 38.5 Å². The number of allylic oxidation sites excluding steroid dienone is 2. The average molecular weight is 578 g/mol. The fraction of sp³-hybridized carbons (Fsp3) is 0.267. The van der Waals surface area contributed by atoms with Crippen molar-refractivity contribution in [1.82, 2.24) is 15.2 Å². The second-order valence-corrected chi connectivity index (χ2v) is 10.1. The van der Waals surface area contributed by atoms with E-state index in [0.717, 1.165) is 5.56 Å². The molecule has 3 atom stereocenters. The maximum atomic E-state index is 14.2. The Labute approximate surface area is 241 Å². The molecule has 2 aliphatic rings. The van der Waals surface area contributed by atoms with E-state index in [0.29, 0.717) is 40.7 Å². The van der Waals surface area contributed by atoms with Crippen molar-refractivity contribution in [3.63, 3.8) is 0 Å². The number of aromatic carboxylic acids is 1. The smallest absolute Gasteiger partial charge is 0.339 e. The molecule has 12 heteroatoms. The Morgan fingerprint density at radius 1 is 1.17 bits per heavy atom. The second kappa shape index (κ2) is 11.3. The SMILES string of the molecule is COc1ccc(CNc2cc(NC3=CC(C)=C4C(O)NC(C)(c5cccc(F)c5)N4C3O)c(C(=O)O)cn2)c(OC)c1. The predicted molar refractivity (Wildman–Crippen MR) is 153 cm³/mol. The van der Waals surface area contributed by atoms with E-state index in [1.165, 1.54) is 24.4 Å². The highest BCUT2D eigenvalue weighted by molar-refractivity contribution is 5.94. The summed E-state index contributed by atoms with van der Waals surface area (Å²) in [5.41, 5.74) is 1.50. The highest BCUT2D eigenvalue weighted by atomic mass is 19.1. The number of fused-ring (bicyclic) bond motifs is 1. The van der Waals surface area contributed by atoms with Gasteiger partial charge in [0.05, 0.1) is 31.3 Å². The Kier molecular flexibility index (Phi) is 7.78. The monoisotopic (exact) mass is 577 g/mol. The van der Waals surface area contributed by atoms with Crippen LogP contribution in [0.4, 0.5) is 15.9 Å². The first kappa shape index (κ1) is 28.9. The van der Waals surface area contributed by atoms with E-state index in [9.17, 15) is 24.5 Å². The average Bonchev–Trinajstić information content (AvgIpc) is 3.26. The summed E-state index contributed by atoms with van der Waals surface area (Å²) >= 11 is 0. The number of halogens is 1. The minimum atomic E-state index is -1.35. The zero-order valence-corrected chi connectivity index (χ0v) is 23.5. The number of aromatic nitrogens is 1. The van der Waals surface area contributed by atoms with Crippen LogP contribution in [-0.2, 0) is 12.2 Å². The molecule has 6 N–H and O–H groups in total. The summed E-state index contributed by atoms with van der Waals surface area (Å²) in [7, 11) is 3.12. The number of carboxylic acids is 1. The van der Waals surface area contributed by atoms with Gasteiger partial charge in [0.25, 0.3) is 0 Å². The quantitative estimate of drug-likeness (QED) is 0.222. The van der Waals surface area contributed by atoms with Gasteiger partial charge < -0.3 is 40.3 Å². The third-order valence-corrected chi connectivity index (χ3v) is 7.47. The molecule has 0 bridgehead atoms. The van der Waals surface area contributed by atoms with Crippen molar-refractivity contribution in [1.29, 1.82) is 0 Å². The molecule has 0 aliphatic carbocycles. The number of carbonyl (C=O) groups is 1. The van der Waals surface area contributed by atoms with Gasteiger partial charge in [-0.1, -0.05) is 12.1 Å². The number of carboxylic acid groups (broad SMARTS) is 1. The van der Waals surface area contributed by atoms with Crippen LogP contribution >= 0.6 is 0 Å². The second-order valence-electron chi connectivity index (χ2n) is 10.1. The van der Waals surface area contributed by atoms with Crippen molar-refractivity contribution in [3.8, 4) is 11.5 Å². The molecule has 0 spiro atoms. The topological polar surface area (TPSA) is 148 Å². The molecular formula is C30H32FN5O6. The van der Waals surface area contributed by atoms with E-state index >= 15 is 0 Å². The van der Waals surface area contributed by atoms with Gasteiger partial charge in [-0.05, 0) is 55.3 Å². The molecule has 1 aromatic heterocycles. The van der Waals surface area contributed by atoms with Crippen molar-refractivity contribution >= 4 is 17.5 Å². The number of nitrogens with one attached hydrogen (secondary N) is 3. The molecule has 11 nitrogen and oxygen atoms in total. The molecule has 3 heterocycles. The first-order valence-electron chi connectivity index (χ1n) is 13.1. The highest BCUT2D eigenvalue weighted by Crippen LogP contribution is 2.43. The van der Waals surface area contributed by atoms with Crippen molar-refractivity contribution in [2.24, 2.45) is 0 Å². The van der Waals surface area contributed by atoms with Gasteiger partial charge in [0, 0.05) is 30.4 Å². The predicted octanol–water partition coefficient (Wildman–Crippen LogP) is 3.55. The van der Waals surface area contributed by atoms with Crippen molar-refractivity contribution in [3.05, 3.63) is 100 Å². The Bertz CT molecular complexity index is 1590. The van der Waals surface area contributed by atoms with Crippen molar-refractivity contribution < 1.29 is 34.0 Å². The minimum Gasteiger partial charge on any atom is -0.497 e. The number of nitrogens with zero attached hydrogens (tertiary/aromatic N) is 2. The van der Waals surface area contributed by atoms with Gasteiger partial charge in [-0.3, -0.25) is 5.32 Å². The summed E-state index contributed by atoms with van der Waals surface area (Å²) < 4.78 is 24.9. The van der Waals surface area contributed by atoms with E-state index in [4.69, 9.17) is 9.47 Å². The summed E-state index contributed by atoms with van der Waals surface area (Å²) in [6, 6.07) is 12.8. The molecule has 2 aromatic carbocycles. The van der Waals surface area contributed by atoms with Crippen LogP contribution in [-0.4, -0.2) is 57.8 Å². The van der Waals surface area contributed by atoms with E-state index in [-0.39, 0.29) is 16.9 Å². The number of anilines is 2. The van der Waals surface area contributed by atoms with Crippen molar-refractivity contribution in [2.75, 3.05) is 24.9 Å². The van der Waals surface area contributed by atoms with E-state index in [1.807, 2.05) is 6.07 Å². The fourth-order valence-corrected chi connectivity index (χ4v) is 5.36. The molecule has 220 valence electrons. The fourth-order valence-electron chi connectivity index (χ4n) is 5.36. The van der Waals surface area contributed by atoms with Gasteiger partial charge in [-0.25, -0.2) is 14.2 Å². The number of hydrogen-bond donors (Lipinski definition) is 6. The van der Waals surface area contributed by atoms with Crippen LogP contribution in [0, 0.1) is 5.82 Å². The standard InChI is InChI=1S/C30H32FN5O6/c1-16-10-23(28(38)36-26(16)27(37)35-30(36,2)18-6-5-7-19(31)11-18)34-22-13-25(33-15-21(22)29(39)40)32-14-17-8-9-20(41-3)12-24(17)42-4/h5-13,15,27-28,35,37-38H,14H2,1-4H3,(H,39,40)(H2,32,33,34). The molecule has 5 rings (SSSR count). The van der Waals surface area contributed by atoms with Gasteiger partial charge in [-0.2, -0.15) is 0 Å². The molecule has 2 aliphatic heterocycles. The molecular weight excluding hydrogens is 545 g/mol. The van der Waals surface area contributed by atoms with Crippen LogP contribution in [0.5, 0.6) is 11.5 Å². The van der Waals surface area contributed by atoms with Gasteiger partial charge in [-0.15, -0.1) is 0 Å². The number of hydrogen-bond acceptors (Lipinski definition) is 10. The number of pyridine rings is 1. The van der Waals surface area contributed by atoms with E-state index in [2.05, 4.69) is 20.9 Å². The number of aliphatic hydroxyl groups excluding tert-OH is 2.